The summed E-state index contributed by atoms with van der Waals surface area (Å²) in [6, 6.07) is 20.9. The van der Waals surface area contributed by atoms with E-state index in [1.807, 2.05) is 19.1 Å². The third-order valence-electron chi connectivity index (χ3n) is 5.32. The van der Waals surface area contributed by atoms with Gasteiger partial charge in [0.1, 0.15) is 6.29 Å². The number of carbonyl (C=O) groups excluding carboxylic acids is 1. The normalized spacial score (nSPS) is 15.8. The van der Waals surface area contributed by atoms with E-state index >= 15 is 0 Å². The fraction of sp³-hybridized carbons (Fsp3) is 0.435. The predicted molar refractivity (Wildman–Crippen MR) is 114 cm³/mol. The molecule has 0 heterocycles. The summed E-state index contributed by atoms with van der Waals surface area (Å²) >= 11 is 0. The molecule has 0 aromatic heterocycles. The number of aldehydes is 1. The van der Waals surface area contributed by atoms with Crippen molar-refractivity contribution < 1.29 is 14.3 Å². The number of hydrogen-bond acceptors (Lipinski definition) is 3. The van der Waals surface area contributed by atoms with Gasteiger partial charge in [-0.3, -0.25) is 0 Å². The molecule has 0 aliphatic heterocycles. The van der Waals surface area contributed by atoms with Crippen molar-refractivity contribution in [2.75, 3.05) is 6.61 Å². The van der Waals surface area contributed by atoms with E-state index in [2.05, 4.69) is 69.3 Å². The summed E-state index contributed by atoms with van der Waals surface area (Å²) in [7, 11) is -2.60. The lowest BCUT2D eigenvalue weighted by molar-refractivity contribution is -0.114. The van der Waals surface area contributed by atoms with E-state index in [0.717, 1.165) is 6.29 Å². The van der Waals surface area contributed by atoms with E-state index in [1.165, 1.54) is 10.4 Å². The van der Waals surface area contributed by atoms with Crippen molar-refractivity contribution in [3.63, 3.8) is 0 Å². The molecule has 3 atom stereocenters. The standard InChI is InChI=1S/C23H32O3Si/c1-18(16-24)22(25)19(2)17-26-27(23(3,4)5,20-12-8-6-9-13-20)21-14-10-7-11-15-21/h6-16,18-19,22,25H,17H2,1-5H3/t18-,19-,22-/m1/s1. The molecule has 0 aliphatic carbocycles. The van der Waals surface area contributed by atoms with Crippen LogP contribution in [0.5, 0.6) is 0 Å². The fourth-order valence-electron chi connectivity index (χ4n) is 3.72. The summed E-state index contributed by atoms with van der Waals surface area (Å²) in [6.07, 6.45) is 0.102. The molecule has 0 spiro atoms. The van der Waals surface area contributed by atoms with Gasteiger partial charge in [0.25, 0.3) is 8.32 Å². The molecular weight excluding hydrogens is 352 g/mol. The average Bonchev–Trinajstić information content (AvgIpc) is 2.67. The van der Waals surface area contributed by atoms with Crippen LogP contribution in [0.25, 0.3) is 0 Å². The van der Waals surface area contributed by atoms with Crippen LogP contribution in [-0.2, 0) is 9.22 Å². The number of rotatable bonds is 8. The molecule has 0 radical (unpaired) electrons. The summed E-state index contributed by atoms with van der Waals surface area (Å²) in [5.41, 5.74) is 0. The molecule has 2 aromatic carbocycles. The molecular formula is C23H32O3Si. The second-order valence-corrected chi connectivity index (χ2v) is 12.7. The fourth-order valence-corrected chi connectivity index (χ4v) is 8.38. The van der Waals surface area contributed by atoms with Crippen LogP contribution in [0, 0.1) is 11.8 Å². The number of hydrogen-bond donors (Lipinski definition) is 1. The summed E-state index contributed by atoms with van der Waals surface area (Å²) < 4.78 is 6.81. The van der Waals surface area contributed by atoms with Gasteiger partial charge in [0.2, 0.25) is 0 Å². The van der Waals surface area contributed by atoms with Crippen molar-refractivity contribution in [3.05, 3.63) is 60.7 Å². The Hall–Kier alpha value is -1.75. The molecule has 0 amide bonds. The van der Waals surface area contributed by atoms with Crippen LogP contribution in [0.15, 0.2) is 60.7 Å². The summed E-state index contributed by atoms with van der Waals surface area (Å²) in [6.45, 7) is 10.8. The maximum absolute atomic E-state index is 11.1. The van der Waals surface area contributed by atoms with E-state index in [0.29, 0.717) is 6.61 Å². The van der Waals surface area contributed by atoms with E-state index in [9.17, 15) is 9.90 Å². The lowest BCUT2D eigenvalue weighted by Crippen LogP contribution is -2.67. The SMILES string of the molecule is C[C@H](C=O)[C@@H](O)[C@H](C)CO[Si](c1ccccc1)(c1ccccc1)C(C)(C)C. The van der Waals surface area contributed by atoms with E-state index in [1.54, 1.807) is 6.92 Å². The Morgan fingerprint density at radius 3 is 1.78 bits per heavy atom. The van der Waals surface area contributed by atoms with Crippen LogP contribution >= 0.6 is 0 Å². The first-order chi connectivity index (χ1) is 12.7. The van der Waals surface area contributed by atoms with E-state index in [4.69, 9.17) is 4.43 Å². The van der Waals surface area contributed by atoms with Gasteiger partial charge in [0.15, 0.2) is 0 Å². The van der Waals surface area contributed by atoms with Crippen molar-refractivity contribution in [1.82, 2.24) is 0 Å². The summed E-state index contributed by atoms with van der Waals surface area (Å²) in [4.78, 5) is 11.1. The largest absolute Gasteiger partial charge is 0.407 e. The third-order valence-corrected chi connectivity index (χ3v) is 10.3. The summed E-state index contributed by atoms with van der Waals surface area (Å²) in [5, 5.41) is 12.8. The first-order valence-corrected chi connectivity index (χ1v) is 11.5. The van der Waals surface area contributed by atoms with Crippen molar-refractivity contribution in [1.29, 1.82) is 0 Å². The van der Waals surface area contributed by atoms with Gasteiger partial charge in [-0.2, -0.15) is 0 Å². The Bertz CT molecular complexity index is 670. The van der Waals surface area contributed by atoms with Crippen LogP contribution in [0.3, 0.4) is 0 Å². The van der Waals surface area contributed by atoms with Crippen LogP contribution in [0.2, 0.25) is 5.04 Å². The average molecular weight is 385 g/mol. The van der Waals surface area contributed by atoms with Crippen LogP contribution in [-0.4, -0.2) is 32.4 Å². The smallest absolute Gasteiger partial charge is 0.261 e. The third kappa shape index (κ3) is 4.57. The lowest BCUT2D eigenvalue weighted by atomic mass is 9.95. The Morgan fingerprint density at radius 2 is 1.41 bits per heavy atom. The predicted octanol–water partition coefficient (Wildman–Crippen LogP) is 3.40. The molecule has 0 fully saturated rings. The topological polar surface area (TPSA) is 46.5 Å². The van der Waals surface area contributed by atoms with Gasteiger partial charge in [0, 0.05) is 18.4 Å². The molecule has 0 aliphatic rings. The Labute approximate surface area is 164 Å². The lowest BCUT2D eigenvalue weighted by Gasteiger charge is -2.44. The number of benzene rings is 2. The maximum atomic E-state index is 11.1. The highest BCUT2D eigenvalue weighted by atomic mass is 28.4. The number of aliphatic hydroxyl groups is 1. The molecule has 4 heteroatoms. The number of carbonyl (C=O) groups is 1. The van der Waals surface area contributed by atoms with E-state index in [-0.39, 0.29) is 11.0 Å². The Kier molecular flexibility index (Phi) is 7.15. The Morgan fingerprint density at radius 1 is 0.963 bits per heavy atom. The van der Waals surface area contributed by atoms with Gasteiger partial charge < -0.3 is 14.3 Å². The monoisotopic (exact) mass is 384 g/mol. The maximum Gasteiger partial charge on any atom is 0.261 e. The van der Waals surface area contributed by atoms with Gasteiger partial charge in [-0.05, 0) is 15.4 Å². The second-order valence-electron chi connectivity index (χ2n) is 8.44. The van der Waals surface area contributed by atoms with Crippen molar-refractivity contribution >= 4 is 25.0 Å². The molecule has 0 saturated heterocycles. The van der Waals surface area contributed by atoms with Crippen LogP contribution < -0.4 is 10.4 Å². The molecule has 2 rings (SSSR count). The minimum Gasteiger partial charge on any atom is -0.407 e. The van der Waals surface area contributed by atoms with E-state index < -0.39 is 20.3 Å². The minimum atomic E-state index is -2.60. The second kappa shape index (κ2) is 8.96. The highest BCUT2D eigenvalue weighted by molar-refractivity contribution is 6.99. The zero-order valence-corrected chi connectivity index (χ0v) is 18.1. The van der Waals surface area contributed by atoms with Gasteiger partial charge in [-0.15, -0.1) is 0 Å². The highest BCUT2D eigenvalue weighted by Gasteiger charge is 2.50. The quantitative estimate of drug-likeness (QED) is 0.560. The van der Waals surface area contributed by atoms with Crippen LogP contribution in [0.1, 0.15) is 34.6 Å². The molecule has 0 bridgehead atoms. The van der Waals surface area contributed by atoms with Crippen molar-refractivity contribution in [2.24, 2.45) is 11.8 Å². The first kappa shape index (κ1) is 21.5. The molecule has 2 aromatic rings. The summed E-state index contributed by atoms with van der Waals surface area (Å²) in [5.74, 6) is -0.533. The molecule has 1 N–H and O–H groups in total. The van der Waals surface area contributed by atoms with Gasteiger partial charge in [-0.25, -0.2) is 0 Å². The van der Waals surface area contributed by atoms with Gasteiger partial charge >= 0.3 is 0 Å². The molecule has 3 nitrogen and oxygen atoms in total. The molecule has 27 heavy (non-hydrogen) atoms. The van der Waals surface area contributed by atoms with Crippen molar-refractivity contribution in [3.8, 4) is 0 Å². The molecule has 0 saturated carbocycles. The number of aliphatic hydroxyl groups excluding tert-OH is 1. The first-order valence-electron chi connectivity index (χ1n) is 9.62. The van der Waals surface area contributed by atoms with Gasteiger partial charge in [0.05, 0.1) is 6.10 Å². The highest BCUT2D eigenvalue weighted by Crippen LogP contribution is 2.37. The van der Waals surface area contributed by atoms with Gasteiger partial charge in [-0.1, -0.05) is 95.3 Å². The van der Waals surface area contributed by atoms with Crippen LogP contribution in [0.4, 0.5) is 0 Å². The minimum absolute atomic E-state index is 0.101. The Balaban J connectivity index is 2.48. The molecule has 146 valence electrons. The van der Waals surface area contributed by atoms with Crippen molar-refractivity contribution in [2.45, 2.75) is 45.8 Å². The molecule has 0 unspecified atom stereocenters. The zero-order chi connectivity index (χ0) is 20.1. The zero-order valence-electron chi connectivity index (χ0n) is 17.1.